The van der Waals surface area contributed by atoms with Gasteiger partial charge < -0.3 is 30.5 Å². The van der Waals surface area contributed by atoms with Crippen LogP contribution in [-0.2, 0) is 22.2 Å². The zero-order chi connectivity index (χ0) is 53.0. The number of benzene rings is 4. The number of rotatable bonds is 13. The van der Waals surface area contributed by atoms with E-state index in [1.54, 1.807) is 7.05 Å². The van der Waals surface area contributed by atoms with Gasteiger partial charge in [0, 0.05) is 91.9 Å². The van der Waals surface area contributed by atoms with Crippen LogP contribution in [0, 0.1) is 35.1 Å². The number of anilines is 1. The summed E-state index contributed by atoms with van der Waals surface area (Å²) < 4.78 is 78.4. The van der Waals surface area contributed by atoms with Gasteiger partial charge in [-0.1, -0.05) is 55.8 Å². The van der Waals surface area contributed by atoms with E-state index in [4.69, 9.17) is 26.8 Å². The van der Waals surface area contributed by atoms with E-state index in [2.05, 4.69) is 27.6 Å². The van der Waals surface area contributed by atoms with Gasteiger partial charge in [0.25, 0.3) is 0 Å². The molecule has 1 unspecified atom stereocenters. The molecule has 0 spiro atoms. The van der Waals surface area contributed by atoms with Gasteiger partial charge in [-0.05, 0) is 93.6 Å². The molecule has 5 N–H and O–H groups in total. The van der Waals surface area contributed by atoms with Gasteiger partial charge in [-0.25, -0.2) is 22.4 Å². The molecule has 4 atom stereocenters. The summed E-state index contributed by atoms with van der Waals surface area (Å²) in [6, 6.07) is 13.8. The Bertz CT molecular complexity index is 3060. The van der Waals surface area contributed by atoms with E-state index in [0.717, 1.165) is 12.0 Å². The first-order valence-electron chi connectivity index (χ1n) is 25.8. The molecule has 5 aromatic rings. The van der Waals surface area contributed by atoms with Crippen molar-refractivity contribution in [3.63, 3.8) is 0 Å². The number of primary amides is 1. The van der Waals surface area contributed by atoms with Gasteiger partial charge >= 0.3 is 6.03 Å². The molecule has 15 nitrogen and oxygen atoms in total. The largest absolute Gasteiger partial charge is 0.488 e. The summed E-state index contributed by atoms with van der Waals surface area (Å²) in [5.74, 6) is -5.49. The van der Waals surface area contributed by atoms with E-state index in [1.807, 2.05) is 42.2 Å². The highest BCUT2D eigenvalue weighted by atomic mass is 35.5. The second kappa shape index (κ2) is 21.0. The SMILES string of the molecule is C[C@@H]1CC(N2CCC(c3c(F)cc4c(N5CCC(=O)NC5=O)nn(C)c4c3F)CC2)CN(C(=O)C2CCC(NC[C@]3(c4ccccc4)Oc4cc(F)c(Cl)c(-c5c(C(N)=O)ccc(OCCO)c5F)c4[C@@H]3C)CC2)C1. The minimum atomic E-state index is -1.15. The molecule has 20 heteroatoms. The first kappa shape index (κ1) is 52.2. The number of nitrogens with two attached hydrogens (primary N) is 1. The maximum absolute atomic E-state index is 16.5. The Morgan fingerprint density at radius 2 is 1.67 bits per heavy atom. The molecule has 1 aromatic heterocycles. The second-order valence-corrected chi connectivity index (χ2v) is 21.3. The molecule has 75 heavy (non-hydrogen) atoms. The Morgan fingerprint density at radius 1 is 0.933 bits per heavy atom. The molecular formula is C55H61ClF4N8O7. The normalized spacial score (nSPS) is 24.6. The summed E-state index contributed by atoms with van der Waals surface area (Å²) in [6.45, 7) is 6.15. The van der Waals surface area contributed by atoms with Gasteiger partial charge in [-0.2, -0.15) is 5.10 Å². The van der Waals surface area contributed by atoms with Crippen LogP contribution in [0.5, 0.6) is 11.5 Å². The number of aryl methyl sites for hydroxylation is 1. The molecule has 4 aliphatic heterocycles. The zero-order valence-corrected chi connectivity index (χ0v) is 42.8. The lowest BCUT2D eigenvalue weighted by Crippen LogP contribution is -2.55. The summed E-state index contributed by atoms with van der Waals surface area (Å²) in [6.07, 6.45) is 4.71. The molecule has 10 rings (SSSR count). The quantitative estimate of drug-likeness (QED) is 0.0843. The summed E-state index contributed by atoms with van der Waals surface area (Å²) in [4.78, 5) is 57.1. The highest BCUT2D eigenvalue weighted by molar-refractivity contribution is 6.34. The number of hydrogen-bond acceptors (Lipinski definition) is 10. The molecule has 398 valence electrons. The van der Waals surface area contributed by atoms with E-state index < -0.39 is 64.3 Å². The number of halogens is 5. The highest BCUT2D eigenvalue weighted by Gasteiger charge is 2.51. The van der Waals surface area contributed by atoms with Crippen LogP contribution >= 0.6 is 11.6 Å². The summed E-state index contributed by atoms with van der Waals surface area (Å²) in [5.41, 5.74) is 5.22. The first-order chi connectivity index (χ1) is 36.0. The van der Waals surface area contributed by atoms with E-state index in [9.17, 15) is 24.3 Å². The zero-order valence-electron chi connectivity index (χ0n) is 42.1. The van der Waals surface area contributed by atoms with Crippen molar-refractivity contribution in [3.05, 3.63) is 105 Å². The number of piperidine rings is 2. The molecule has 0 bridgehead atoms. The van der Waals surface area contributed by atoms with Gasteiger partial charge in [-0.15, -0.1) is 0 Å². The van der Waals surface area contributed by atoms with Crippen molar-refractivity contribution in [2.24, 2.45) is 24.6 Å². The Labute approximate surface area is 436 Å². The van der Waals surface area contributed by atoms with Gasteiger partial charge in [0.15, 0.2) is 28.8 Å². The molecule has 5 aliphatic rings. The number of ether oxygens (including phenoxy) is 2. The molecule has 5 amide bonds. The lowest BCUT2D eigenvalue weighted by molar-refractivity contribution is -0.140. The van der Waals surface area contributed by atoms with E-state index in [-0.39, 0.29) is 112 Å². The third kappa shape index (κ3) is 9.58. The molecule has 3 saturated heterocycles. The maximum Gasteiger partial charge on any atom is 0.329 e. The average molecular weight is 1060 g/mol. The van der Waals surface area contributed by atoms with Crippen LogP contribution in [0.4, 0.5) is 28.2 Å². The molecule has 5 heterocycles. The van der Waals surface area contributed by atoms with Crippen molar-refractivity contribution >= 4 is 52.1 Å². The molecule has 0 radical (unpaired) electrons. The Morgan fingerprint density at radius 3 is 2.36 bits per heavy atom. The molecule has 1 saturated carbocycles. The fourth-order valence-corrected chi connectivity index (χ4v) is 12.8. The lowest BCUT2D eigenvalue weighted by atomic mass is 9.77. The molecule has 1 aliphatic carbocycles. The Hall–Kier alpha value is -6.28. The van der Waals surface area contributed by atoms with Crippen LogP contribution in [0.25, 0.3) is 22.0 Å². The third-order valence-corrected chi connectivity index (χ3v) is 16.7. The van der Waals surface area contributed by atoms with E-state index >= 15 is 17.6 Å². The van der Waals surface area contributed by atoms with Crippen molar-refractivity contribution < 1.29 is 51.3 Å². The number of aliphatic hydroxyl groups is 1. The number of aliphatic hydroxyl groups excluding tert-OH is 1. The average Bonchev–Trinajstić information content (AvgIpc) is 3.89. The fraction of sp³-hybridized carbons (Fsp3) is 0.473. The van der Waals surface area contributed by atoms with Crippen LogP contribution in [0.2, 0.25) is 5.02 Å². The van der Waals surface area contributed by atoms with Gasteiger partial charge in [-0.3, -0.25) is 34.2 Å². The van der Waals surface area contributed by atoms with Gasteiger partial charge in [0.2, 0.25) is 17.7 Å². The van der Waals surface area contributed by atoms with Gasteiger partial charge in [0.1, 0.15) is 29.5 Å². The number of carbonyl (C=O) groups excluding carboxylic acids is 4. The number of aromatic nitrogens is 2. The van der Waals surface area contributed by atoms with Crippen molar-refractivity contribution in [3.8, 4) is 22.6 Å². The van der Waals surface area contributed by atoms with Crippen LogP contribution < -0.4 is 30.7 Å². The second-order valence-electron chi connectivity index (χ2n) is 20.9. The minimum Gasteiger partial charge on any atom is -0.488 e. The fourth-order valence-electron chi connectivity index (χ4n) is 12.6. The van der Waals surface area contributed by atoms with Crippen molar-refractivity contribution in [1.29, 1.82) is 0 Å². The summed E-state index contributed by atoms with van der Waals surface area (Å²) >= 11 is 6.73. The monoisotopic (exact) mass is 1060 g/mol. The smallest absolute Gasteiger partial charge is 0.329 e. The number of fused-ring (bicyclic) bond motifs is 2. The number of carbonyl (C=O) groups is 4. The molecular weight excluding hydrogens is 996 g/mol. The van der Waals surface area contributed by atoms with E-state index in [0.29, 0.717) is 70.3 Å². The Balaban J connectivity index is 0.795. The van der Waals surface area contributed by atoms with E-state index in [1.165, 1.54) is 33.8 Å². The predicted octanol–water partition coefficient (Wildman–Crippen LogP) is 8.02. The van der Waals surface area contributed by atoms with Crippen LogP contribution in [0.1, 0.15) is 104 Å². The van der Waals surface area contributed by atoms with Crippen molar-refractivity contribution in [1.82, 2.24) is 30.2 Å². The minimum absolute atomic E-state index is 0.000897. The predicted molar refractivity (Wildman–Crippen MR) is 273 cm³/mol. The number of imide groups is 1. The van der Waals surface area contributed by atoms with Crippen LogP contribution in [-0.4, -0.2) is 113 Å². The van der Waals surface area contributed by atoms with Crippen LogP contribution in [0.15, 0.2) is 54.6 Å². The van der Waals surface area contributed by atoms with Gasteiger partial charge in [0.05, 0.1) is 22.6 Å². The third-order valence-electron chi connectivity index (χ3n) is 16.4. The van der Waals surface area contributed by atoms with Crippen molar-refractivity contribution in [2.45, 2.75) is 94.7 Å². The Kier molecular flexibility index (Phi) is 14.6. The number of likely N-dealkylation sites (tertiary alicyclic amines) is 2. The summed E-state index contributed by atoms with van der Waals surface area (Å²) in [5, 5.41) is 19.5. The maximum atomic E-state index is 16.5. The first-order valence-corrected chi connectivity index (χ1v) is 26.2. The van der Waals surface area contributed by atoms with Crippen molar-refractivity contribution in [2.75, 3.05) is 57.4 Å². The number of urea groups is 1. The summed E-state index contributed by atoms with van der Waals surface area (Å²) in [7, 11) is 1.55. The number of nitrogens with zero attached hydrogens (tertiary/aromatic N) is 5. The standard InChI is InChI=1S/C55H61ClF4N8O7/c1-29-23-35(66-18-15-31(16-19-66)44-38(57)24-37-50(49(44)60)65(3)64-52(37)68-20-17-42(70)63-54(68)73)27-67(26-29)53(72)32-9-11-34(12-10-32)62-28-55(33-7-5-4-6-8-33)30(2)43-41(75-55)25-39(58)47(56)46(43)45-36(51(61)71)13-14-40(48(45)59)74-22-21-69/h4-8,13-14,24-25,29-32,34-35,62,69H,9-12,15-23,26-28H2,1-3H3,(H2,61,71)(H,63,70,73)/t29-,30+,32?,34?,35?,55+/m1/s1. The number of hydrogen-bond donors (Lipinski definition) is 4. The molecule has 4 fully saturated rings. The molecule has 4 aromatic carbocycles. The number of nitrogens with one attached hydrogen (secondary N) is 2. The highest BCUT2D eigenvalue weighted by Crippen LogP contribution is 2.57. The lowest BCUT2D eigenvalue weighted by Gasteiger charge is -2.45. The number of amides is 5. The topological polar surface area (TPSA) is 185 Å². The van der Waals surface area contributed by atoms with Crippen LogP contribution in [0.3, 0.4) is 0 Å².